The quantitative estimate of drug-likeness (QED) is 0.615. The summed E-state index contributed by atoms with van der Waals surface area (Å²) >= 11 is 5.92. The van der Waals surface area contributed by atoms with Crippen LogP contribution in [-0.4, -0.2) is 25.4 Å². The molecule has 23 heavy (non-hydrogen) atoms. The number of methoxy groups -OCH3 is 2. The third-order valence-corrected chi connectivity index (χ3v) is 3.53. The zero-order valence-electron chi connectivity index (χ0n) is 13.3. The zero-order chi connectivity index (χ0) is 16.8. The molecule has 2 rings (SSSR count). The monoisotopic (exact) mass is 340 g/mol. The number of ether oxygens (including phenoxy) is 2. The molecule has 0 aliphatic carbocycles. The van der Waals surface area contributed by atoms with E-state index in [2.05, 4.69) is 10.6 Å². The maximum Gasteiger partial charge on any atom is 0.306 e. The standard InChI is InChI=1S/C15H18ClN3O4/c1-10(20)17-15-12(9-16)19(18-23-15)7-6-11-4-5-13(21-2)14(8-11)22-3/h4-5,8H,6-7,9H2,1-3H3/p+1. The van der Waals surface area contributed by atoms with Crippen LogP contribution in [0.25, 0.3) is 0 Å². The van der Waals surface area contributed by atoms with Gasteiger partial charge >= 0.3 is 5.88 Å². The van der Waals surface area contributed by atoms with Crippen molar-refractivity contribution in [1.82, 2.24) is 5.27 Å². The average Bonchev–Trinajstić information content (AvgIpc) is 2.93. The molecular weight excluding hydrogens is 322 g/mol. The average molecular weight is 341 g/mol. The van der Waals surface area contributed by atoms with E-state index in [1.807, 2.05) is 18.2 Å². The summed E-state index contributed by atoms with van der Waals surface area (Å²) < 4.78 is 17.3. The topological polar surface area (TPSA) is 77.5 Å². The first-order valence-electron chi connectivity index (χ1n) is 7.02. The summed E-state index contributed by atoms with van der Waals surface area (Å²) in [6.45, 7) is 1.95. The maximum absolute atomic E-state index is 11.1. The highest BCUT2D eigenvalue weighted by Crippen LogP contribution is 2.27. The number of carbonyl (C=O) groups excluding carboxylic acids is 1. The first-order valence-corrected chi connectivity index (χ1v) is 7.55. The molecule has 124 valence electrons. The lowest BCUT2D eigenvalue weighted by atomic mass is 10.1. The Labute approximate surface area is 139 Å². The van der Waals surface area contributed by atoms with Crippen LogP contribution >= 0.6 is 11.6 Å². The molecule has 1 aromatic heterocycles. The molecule has 1 aromatic carbocycles. The summed E-state index contributed by atoms with van der Waals surface area (Å²) in [4.78, 5) is 11.1. The predicted molar refractivity (Wildman–Crippen MR) is 83.8 cm³/mol. The molecule has 0 atom stereocenters. The van der Waals surface area contributed by atoms with Gasteiger partial charge in [0.25, 0.3) is 5.69 Å². The largest absolute Gasteiger partial charge is 0.493 e. The molecule has 0 radical (unpaired) electrons. The molecule has 0 fully saturated rings. The summed E-state index contributed by atoms with van der Waals surface area (Å²) in [5.41, 5.74) is 1.68. The van der Waals surface area contributed by atoms with Crippen LogP contribution in [0.2, 0.25) is 0 Å². The Morgan fingerprint density at radius 1 is 1.35 bits per heavy atom. The van der Waals surface area contributed by atoms with Crippen molar-refractivity contribution in [2.75, 3.05) is 19.5 Å². The Hall–Kier alpha value is -2.28. The molecule has 0 spiro atoms. The highest BCUT2D eigenvalue weighted by Gasteiger charge is 2.24. The van der Waals surface area contributed by atoms with Gasteiger partial charge in [0.05, 0.1) is 14.2 Å². The molecule has 1 heterocycles. The van der Waals surface area contributed by atoms with E-state index in [9.17, 15) is 4.79 Å². The van der Waals surface area contributed by atoms with Crippen molar-refractivity contribution >= 4 is 23.4 Å². The van der Waals surface area contributed by atoms with E-state index in [-0.39, 0.29) is 17.7 Å². The minimum absolute atomic E-state index is 0.186. The van der Waals surface area contributed by atoms with E-state index in [1.165, 1.54) is 6.92 Å². The van der Waals surface area contributed by atoms with Crippen LogP contribution in [0.5, 0.6) is 11.5 Å². The first-order chi connectivity index (χ1) is 11.1. The number of benzene rings is 1. The number of amides is 1. The van der Waals surface area contributed by atoms with Crippen LogP contribution in [0.3, 0.4) is 0 Å². The Morgan fingerprint density at radius 3 is 2.70 bits per heavy atom. The number of carbonyl (C=O) groups is 1. The molecule has 0 unspecified atom stereocenters. The lowest BCUT2D eigenvalue weighted by Crippen LogP contribution is -2.40. The van der Waals surface area contributed by atoms with Gasteiger partial charge < -0.3 is 9.47 Å². The normalized spacial score (nSPS) is 10.4. The fraction of sp³-hybridized carbons (Fsp3) is 0.400. The van der Waals surface area contributed by atoms with Gasteiger partial charge in [-0.25, -0.2) is 0 Å². The summed E-state index contributed by atoms with van der Waals surface area (Å²) in [5, 5.41) is 6.48. The smallest absolute Gasteiger partial charge is 0.306 e. The summed E-state index contributed by atoms with van der Waals surface area (Å²) in [6.07, 6.45) is 0.695. The van der Waals surface area contributed by atoms with Crippen LogP contribution in [0.15, 0.2) is 22.7 Å². The van der Waals surface area contributed by atoms with Gasteiger partial charge in [0.1, 0.15) is 5.88 Å². The first kappa shape index (κ1) is 17.1. The van der Waals surface area contributed by atoms with Crippen molar-refractivity contribution in [1.29, 1.82) is 0 Å². The van der Waals surface area contributed by atoms with Crippen LogP contribution < -0.4 is 19.5 Å². The number of hydrogen-bond donors (Lipinski definition) is 1. The fourth-order valence-corrected chi connectivity index (χ4v) is 2.40. The number of nitrogens with zero attached hydrogens (tertiary/aromatic N) is 2. The molecule has 0 bridgehead atoms. The van der Waals surface area contributed by atoms with E-state index < -0.39 is 0 Å². The van der Waals surface area contributed by atoms with Crippen molar-refractivity contribution < 1.29 is 23.5 Å². The Morgan fingerprint density at radius 2 is 2.09 bits per heavy atom. The summed E-state index contributed by atoms with van der Waals surface area (Å²) in [6, 6.07) is 5.72. The molecule has 0 saturated carbocycles. The molecule has 0 aliphatic heterocycles. The van der Waals surface area contributed by atoms with Gasteiger partial charge in [-0.05, 0) is 22.4 Å². The van der Waals surface area contributed by atoms with Gasteiger partial charge in [0.2, 0.25) is 11.2 Å². The second kappa shape index (κ2) is 7.82. The number of alkyl halides is 1. The molecular formula is C15H19ClN3O4+. The van der Waals surface area contributed by atoms with Gasteiger partial charge in [-0.3, -0.25) is 14.6 Å². The SMILES string of the molecule is COc1ccc(CC[n+]2noc(NC(C)=O)c2CCl)cc1OC. The van der Waals surface area contributed by atoms with E-state index in [4.69, 9.17) is 25.6 Å². The van der Waals surface area contributed by atoms with Crippen molar-refractivity contribution in [2.24, 2.45) is 0 Å². The lowest BCUT2D eigenvalue weighted by Gasteiger charge is -2.08. The molecule has 1 N–H and O–H groups in total. The minimum atomic E-state index is -0.237. The number of hydrogen-bond acceptors (Lipinski definition) is 5. The van der Waals surface area contributed by atoms with Crippen LogP contribution in [0.1, 0.15) is 18.2 Å². The number of anilines is 1. The number of nitrogens with one attached hydrogen (secondary N) is 1. The van der Waals surface area contributed by atoms with Gasteiger partial charge in [0.15, 0.2) is 18.0 Å². The molecule has 7 nitrogen and oxygen atoms in total. The van der Waals surface area contributed by atoms with E-state index in [0.29, 0.717) is 30.2 Å². The van der Waals surface area contributed by atoms with E-state index in [0.717, 1.165) is 5.56 Å². The molecule has 8 heteroatoms. The van der Waals surface area contributed by atoms with Gasteiger partial charge in [-0.2, -0.15) is 0 Å². The maximum atomic E-state index is 11.1. The molecule has 1 amide bonds. The number of halogens is 1. The second-order valence-corrected chi connectivity index (χ2v) is 5.09. The Balaban J connectivity index is 2.12. The summed E-state index contributed by atoms with van der Waals surface area (Å²) in [5.74, 6) is 1.58. The van der Waals surface area contributed by atoms with Crippen LogP contribution in [-0.2, 0) is 23.6 Å². The van der Waals surface area contributed by atoms with Crippen molar-refractivity contribution in [3.05, 3.63) is 29.5 Å². The lowest BCUT2D eigenvalue weighted by molar-refractivity contribution is -0.767. The van der Waals surface area contributed by atoms with Crippen LogP contribution in [0, 0.1) is 0 Å². The van der Waals surface area contributed by atoms with Crippen molar-refractivity contribution in [3.8, 4) is 11.5 Å². The van der Waals surface area contributed by atoms with Crippen molar-refractivity contribution in [2.45, 2.75) is 25.8 Å². The van der Waals surface area contributed by atoms with Crippen molar-refractivity contribution in [3.63, 3.8) is 0 Å². The Kier molecular flexibility index (Phi) is 5.81. The molecule has 2 aromatic rings. The summed E-state index contributed by atoms with van der Waals surface area (Å²) in [7, 11) is 3.19. The molecule has 0 aliphatic rings. The zero-order valence-corrected chi connectivity index (χ0v) is 14.0. The van der Waals surface area contributed by atoms with Gasteiger partial charge in [-0.15, -0.1) is 11.6 Å². The van der Waals surface area contributed by atoms with Crippen LogP contribution in [0.4, 0.5) is 5.88 Å². The third kappa shape index (κ3) is 4.13. The fourth-order valence-electron chi connectivity index (χ4n) is 2.14. The van der Waals surface area contributed by atoms with E-state index >= 15 is 0 Å². The van der Waals surface area contributed by atoms with Gasteiger partial charge in [0, 0.05) is 13.3 Å². The predicted octanol–water partition coefficient (Wildman–Crippen LogP) is 1.92. The highest BCUT2D eigenvalue weighted by molar-refractivity contribution is 6.17. The number of aromatic nitrogens is 2. The molecule has 0 saturated heterocycles. The number of aryl methyl sites for hydroxylation is 2. The highest BCUT2D eigenvalue weighted by atomic mass is 35.5. The van der Waals surface area contributed by atoms with Gasteiger partial charge in [-0.1, -0.05) is 6.07 Å². The van der Waals surface area contributed by atoms with E-state index in [1.54, 1.807) is 18.9 Å². The minimum Gasteiger partial charge on any atom is -0.493 e. The Bertz CT molecular complexity index is 687. The number of rotatable bonds is 7. The third-order valence-electron chi connectivity index (χ3n) is 3.28. The second-order valence-electron chi connectivity index (χ2n) is 4.83.